The van der Waals surface area contributed by atoms with E-state index < -0.39 is 0 Å². The highest BCUT2D eigenvalue weighted by molar-refractivity contribution is 6.09. The van der Waals surface area contributed by atoms with Gasteiger partial charge >= 0.3 is 0 Å². The summed E-state index contributed by atoms with van der Waals surface area (Å²) in [6, 6.07) is 28.5. The van der Waals surface area contributed by atoms with Crippen molar-refractivity contribution in [3.8, 4) is 11.1 Å². The van der Waals surface area contributed by atoms with Crippen LogP contribution in [0.2, 0.25) is 0 Å². The molecule has 160 valence electrons. The second kappa shape index (κ2) is 8.93. The van der Waals surface area contributed by atoms with E-state index in [1.165, 1.54) is 0 Å². The lowest BCUT2D eigenvalue weighted by Gasteiger charge is -2.11. The number of carbonyl (C=O) groups is 1. The molecule has 5 nitrogen and oxygen atoms in total. The van der Waals surface area contributed by atoms with Crippen molar-refractivity contribution in [1.29, 1.82) is 0 Å². The van der Waals surface area contributed by atoms with Crippen LogP contribution < -0.4 is 10.9 Å². The summed E-state index contributed by atoms with van der Waals surface area (Å²) >= 11 is 0. The van der Waals surface area contributed by atoms with Crippen LogP contribution in [0.1, 0.15) is 15.9 Å². The van der Waals surface area contributed by atoms with Crippen LogP contribution in [0.3, 0.4) is 0 Å². The molecule has 33 heavy (non-hydrogen) atoms. The third-order valence-corrected chi connectivity index (χ3v) is 5.60. The molecule has 0 radical (unpaired) electrons. The van der Waals surface area contributed by atoms with Gasteiger partial charge in [-0.2, -0.15) is 0 Å². The maximum absolute atomic E-state index is 13.0. The zero-order chi connectivity index (χ0) is 22.6. The Labute approximate surface area is 191 Å². The number of hydrogen-bond donors (Lipinski definition) is 1. The van der Waals surface area contributed by atoms with E-state index >= 15 is 0 Å². The number of amides is 1. The van der Waals surface area contributed by atoms with Gasteiger partial charge in [-0.1, -0.05) is 54.6 Å². The summed E-state index contributed by atoms with van der Waals surface area (Å²) in [5.74, 6) is -0.221. The number of nitrogens with one attached hydrogen (secondary N) is 1. The first kappa shape index (κ1) is 20.4. The van der Waals surface area contributed by atoms with Gasteiger partial charge in [0.2, 0.25) is 0 Å². The number of anilines is 1. The zero-order valence-electron chi connectivity index (χ0n) is 17.8. The quantitative estimate of drug-likeness (QED) is 0.407. The molecule has 2 heterocycles. The Morgan fingerprint density at radius 2 is 1.58 bits per heavy atom. The van der Waals surface area contributed by atoms with Crippen molar-refractivity contribution in [2.45, 2.75) is 6.54 Å². The number of pyridine rings is 2. The second-order valence-corrected chi connectivity index (χ2v) is 7.77. The normalized spacial score (nSPS) is 10.8. The van der Waals surface area contributed by atoms with Crippen LogP contribution in [0.4, 0.5) is 5.69 Å². The first-order chi connectivity index (χ1) is 16.2. The minimum atomic E-state index is -0.221. The molecule has 0 aliphatic rings. The Kier molecular flexibility index (Phi) is 5.52. The molecule has 1 N–H and O–H groups in total. The van der Waals surface area contributed by atoms with Crippen molar-refractivity contribution in [3.05, 3.63) is 131 Å². The Bertz CT molecular complexity index is 1480. The van der Waals surface area contributed by atoms with Gasteiger partial charge in [-0.05, 0) is 53.1 Å². The number of aromatic nitrogens is 2. The van der Waals surface area contributed by atoms with Crippen LogP contribution >= 0.6 is 0 Å². The Balaban J connectivity index is 1.40. The molecule has 0 saturated heterocycles. The van der Waals surface area contributed by atoms with Gasteiger partial charge in [-0.3, -0.25) is 14.6 Å². The summed E-state index contributed by atoms with van der Waals surface area (Å²) in [6.45, 7) is 0.437. The molecule has 0 bridgehead atoms. The van der Waals surface area contributed by atoms with Gasteiger partial charge in [0.05, 0.1) is 6.54 Å². The third-order valence-electron chi connectivity index (χ3n) is 5.60. The highest BCUT2D eigenvalue weighted by Gasteiger charge is 2.11. The first-order valence-electron chi connectivity index (χ1n) is 10.7. The van der Waals surface area contributed by atoms with Crippen LogP contribution in [0, 0.1) is 0 Å². The van der Waals surface area contributed by atoms with Gasteiger partial charge in [0.25, 0.3) is 11.5 Å². The zero-order valence-corrected chi connectivity index (χ0v) is 17.8. The summed E-state index contributed by atoms with van der Waals surface area (Å²) in [5, 5.41) is 4.22. The van der Waals surface area contributed by atoms with Gasteiger partial charge in [0, 0.05) is 40.6 Å². The second-order valence-electron chi connectivity index (χ2n) is 7.77. The number of benzene rings is 3. The number of fused-ring (bicyclic) bond motifs is 1. The first-order valence-corrected chi connectivity index (χ1v) is 10.7. The van der Waals surface area contributed by atoms with E-state index in [-0.39, 0.29) is 11.5 Å². The lowest BCUT2D eigenvalue weighted by molar-refractivity contribution is 0.102. The van der Waals surface area contributed by atoms with Gasteiger partial charge in [0.1, 0.15) is 0 Å². The largest absolute Gasteiger partial charge is 0.321 e. The van der Waals surface area contributed by atoms with E-state index in [4.69, 9.17) is 0 Å². The van der Waals surface area contributed by atoms with Crippen molar-refractivity contribution in [3.63, 3.8) is 0 Å². The molecule has 2 aromatic heterocycles. The fourth-order valence-electron chi connectivity index (χ4n) is 3.88. The lowest BCUT2D eigenvalue weighted by atomic mass is 10.0. The Morgan fingerprint density at radius 1 is 0.788 bits per heavy atom. The van der Waals surface area contributed by atoms with Gasteiger partial charge in [-0.25, -0.2) is 0 Å². The molecule has 1 amide bonds. The lowest BCUT2D eigenvalue weighted by Crippen LogP contribution is -2.20. The van der Waals surface area contributed by atoms with Crippen molar-refractivity contribution in [1.82, 2.24) is 9.55 Å². The molecule has 5 heteroatoms. The summed E-state index contributed by atoms with van der Waals surface area (Å²) in [6.07, 6.45) is 5.20. The Morgan fingerprint density at radius 3 is 2.33 bits per heavy atom. The minimum absolute atomic E-state index is 0.111. The Hall–Kier alpha value is -4.51. The maximum atomic E-state index is 13.0. The van der Waals surface area contributed by atoms with Crippen LogP contribution in [0.25, 0.3) is 21.9 Å². The van der Waals surface area contributed by atoms with E-state index in [0.29, 0.717) is 28.6 Å². The number of rotatable bonds is 5. The predicted molar refractivity (Wildman–Crippen MR) is 131 cm³/mol. The molecule has 5 rings (SSSR count). The van der Waals surface area contributed by atoms with E-state index in [9.17, 15) is 9.59 Å². The topological polar surface area (TPSA) is 64.0 Å². The fraction of sp³-hybridized carbons (Fsp3) is 0.0357. The van der Waals surface area contributed by atoms with E-state index in [0.717, 1.165) is 16.7 Å². The molecule has 0 aliphatic heterocycles. The van der Waals surface area contributed by atoms with E-state index in [2.05, 4.69) is 10.3 Å². The van der Waals surface area contributed by atoms with Crippen LogP contribution in [-0.2, 0) is 6.54 Å². The SMILES string of the molecule is O=C(Nc1cccc2c(=O)n(Cc3cccnc3)ccc12)c1ccc(-c2ccccc2)cc1. The molecule has 0 saturated carbocycles. The van der Waals surface area contributed by atoms with Crippen LogP contribution in [0.5, 0.6) is 0 Å². The number of nitrogens with zero attached hydrogens (tertiary/aromatic N) is 2. The smallest absolute Gasteiger partial charge is 0.258 e. The molecular weight excluding hydrogens is 410 g/mol. The molecular formula is C28H21N3O2. The van der Waals surface area contributed by atoms with Crippen molar-refractivity contribution in [2.24, 2.45) is 0 Å². The summed E-state index contributed by atoms with van der Waals surface area (Å²) in [7, 11) is 0. The number of hydrogen-bond acceptors (Lipinski definition) is 3. The maximum Gasteiger partial charge on any atom is 0.258 e. The highest BCUT2D eigenvalue weighted by atomic mass is 16.1. The molecule has 3 aromatic carbocycles. The van der Waals surface area contributed by atoms with E-state index in [1.807, 2.05) is 78.9 Å². The number of carbonyl (C=O) groups excluding carboxylic acids is 1. The third kappa shape index (κ3) is 4.29. The molecule has 0 aliphatic carbocycles. The van der Waals surface area contributed by atoms with Crippen molar-refractivity contribution < 1.29 is 4.79 Å². The van der Waals surface area contributed by atoms with Gasteiger partial charge in [-0.15, -0.1) is 0 Å². The average molecular weight is 431 g/mol. The van der Waals surface area contributed by atoms with Gasteiger partial charge < -0.3 is 9.88 Å². The monoisotopic (exact) mass is 431 g/mol. The van der Waals surface area contributed by atoms with Crippen LogP contribution in [-0.4, -0.2) is 15.5 Å². The predicted octanol–water partition coefficient (Wildman–Crippen LogP) is 5.36. The minimum Gasteiger partial charge on any atom is -0.321 e. The summed E-state index contributed by atoms with van der Waals surface area (Å²) in [5.41, 5.74) is 4.14. The molecule has 0 unspecified atom stereocenters. The average Bonchev–Trinajstić information content (AvgIpc) is 2.87. The molecule has 5 aromatic rings. The van der Waals surface area contributed by atoms with Gasteiger partial charge in [0.15, 0.2) is 0 Å². The standard InChI is InChI=1S/C28H21N3O2/c32-27(23-13-11-22(12-14-23)21-7-2-1-3-8-21)30-26-10-4-9-25-24(26)15-17-31(28(25)33)19-20-6-5-16-29-18-20/h1-18H,19H2,(H,30,32). The van der Waals surface area contributed by atoms with Crippen molar-refractivity contribution in [2.75, 3.05) is 5.32 Å². The van der Waals surface area contributed by atoms with E-state index in [1.54, 1.807) is 35.3 Å². The fourth-order valence-corrected chi connectivity index (χ4v) is 3.88. The molecule has 0 fully saturated rings. The summed E-state index contributed by atoms with van der Waals surface area (Å²) in [4.78, 5) is 30.0. The van der Waals surface area contributed by atoms with Crippen LogP contribution in [0.15, 0.2) is 114 Å². The highest BCUT2D eigenvalue weighted by Crippen LogP contribution is 2.23. The van der Waals surface area contributed by atoms with Crippen molar-refractivity contribution >= 4 is 22.4 Å². The summed E-state index contributed by atoms with van der Waals surface area (Å²) < 4.78 is 1.65. The molecule has 0 spiro atoms. The molecule has 0 atom stereocenters.